The molecule has 1 aliphatic rings. The van der Waals surface area contributed by atoms with Crippen LogP contribution in [0.2, 0.25) is 0 Å². The SMILES string of the molecule is CC1OCC[C@@H]1OP=O. The molecule has 0 radical (unpaired) electrons. The van der Waals surface area contributed by atoms with E-state index in [2.05, 4.69) is 0 Å². The van der Waals surface area contributed by atoms with Gasteiger partial charge < -0.3 is 4.74 Å². The Morgan fingerprint density at radius 1 is 1.78 bits per heavy atom. The molecule has 0 aromatic carbocycles. The molecule has 1 rings (SSSR count). The molecule has 3 nitrogen and oxygen atoms in total. The highest BCUT2D eigenvalue weighted by Gasteiger charge is 2.24. The number of ether oxygens (including phenoxy) is 1. The molecule has 1 fully saturated rings. The van der Waals surface area contributed by atoms with Gasteiger partial charge in [0.2, 0.25) is 0 Å². The molecule has 1 saturated heterocycles. The Bertz CT molecular complexity index is 106. The second-order valence-corrected chi connectivity index (χ2v) is 2.44. The second-order valence-electron chi connectivity index (χ2n) is 2.08. The highest BCUT2D eigenvalue weighted by atomic mass is 31.1. The van der Waals surface area contributed by atoms with E-state index in [1.807, 2.05) is 6.92 Å². The van der Waals surface area contributed by atoms with Crippen LogP contribution in [0.4, 0.5) is 0 Å². The van der Waals surface area contributed by atoms with Crippen LogP contribution < -0.4 is 0 Å². The van der Waals surface area contributed by atoms with Gasteiger partial charge in [0.25, 0.3) is 0 Å². The van der Waals surface area contributed by atoms with Crippen molar-refractivity contribution in [2.24, 2.45) is 0 Å². The van der Waals surface area contributed by atoms with E-state index < -0.39 is 0 Å². The Balaban J connectivity index is 2.30. The van der Waals surface area contributed by atoms with Gasteiger partial charge in [-0.1, -0.05) is 0 Å². The largest absolute Gasteiger partial charge is 0.376 e. The predicted octanol–water partition coefficient (Wildman–Crippen LogP) is 1.39. The maximum Gasteiger partial charge on any atom is 0.327 e. The molecule has 0 amide bonds. The minimum atomic E-state index is -0.240. The molecule has 2 atom stereocenters. The van der Waals surface area contributed by atoms with Crippen molar-refractivity contribution >= 4 is 8.69 Å². The van der Waals surface area contributed by atoms with Gasteiger partial charge in [0.05, 0.1) is 12.2 Å². The number of hydrogen-bond acceptors (Lipinski definition) is 3. The molecule has 0 spiro atoms. The molecule has 0 aliphatic carbocycles. The van der Waals surface area contributed by atoms with Crippen LogP contribution in [0.3, 0.4) is 0 Å². The Morgan fingerprint density at radius 2 is 2.56 bits per heavy atom. The molecule has 1 aliphatic heterocycles. The smallest absolute Gasteiger partial charge is 0.327 e. The summed E-state index contributed by atoms with van der Waals surface area (Å²) in [6.45, 7) is 2.64. The standard InChI is InChI=1S/C5H9O3P/c1-4-5(8-9-6)2-3-7-4/h4-5H,2-3H2,1H3/t4?,5-/m0/s1. The highest BCUT2D eigenvalue weighted by Crippen LogP contribution is 2.19. The van der Waals surface area contributed by atoms with E-state index in [1.165, 1.54) is 0 Å². The van der Waals surface area contributed by atoms with Crippen molar-refractivity contribution in [1.82, 2.24) is 0 Å². The molecule has 0 aromatic heterocycles. The molecule has 1 unspecified atom stereocenters. The summed E-state index contributed by atoms with van der Waals surface area (Å²) in [5.41, 5.74) is 0. The third-order valence-electron chi connectivity index (χ3n) is 1.49. The lowest BCUT2D eigenvalue weighted by molar-refractivity contribution is 0.0730. The van der Waals surface area contributed by atoms with Crippen LogP contribution in [0.25, 0.3) is 0 Å². The minimum absolute atomic E-state index is 0.0316. The van der Waals surface area contributed by atoms with Crippen LogP contribution in [-0.4, -0.2) is 18.8 Å². The summed E-state index contributed by atoms with van der Waals surface area (Å²) in [6.07, 6.45) is 0.992. The molecular formula is C5H9O3P. The van der Waals surface area contributed by atoms with E-state index in [9.17, 15) is 4.57 Å². The summed E-state index contributed by atoms with van der Waals surface area (Å²) < 4.78 is 19.9. The fourth-order valence-corrected chi connectivity index (χ4v) is 1.29. The van der Waals surface area contributed by atoms with E-state index in [1.54, 1.807) is 0 Å². The molecule has 52 valence electrons. The van der Waals surface area contributed by atoms with Crippen molar-refractivity contribution in [3.8, 4) is 0 Å². The molecule has 0 aromatic rings. The van der Waals surface area contributed by atoms with Gasteiger partial charge in [-0.2, -0.15) is 0 Å². The first-order valence-electron chi connectivity index (χ1n) is 2.94. The van der Waals surface area contributed by atoms with Gasteiger partial charge in [0, 0.05) is 13.0 Å². The van der Waals surface area contributed by atoms with Crippen LogP contribution in [0, 0.1) is 0 Å². The Morgan fingerprint density at radius 3 is 3.00 bits per heavy atom. The lowest BCUT2D eigenvalue weighted by Crippen LogP contribution is -2.16. The maximum absolute atomic E-state index is 9.93. The summed E-state index contributed by atoms with van der Waals surface area (Å²) in [6, 6.07) is 0. The average molecular weight is 148 g/mol. The number of rotatable bonds is 2. The zero-order chi connectivity index (χ0) is 6.69. The van der Waals surface area contributed by atoms with E-state index in [-0.39, 0.29) is 20.9 Å². The third kappa shape index (κ3) is 1.71. The molecular weight excluding hydrogens is 139 g/mol. The molecule has 0 bridgehead atoms. The molecule has 9 heavy (non-hydrogen) atoms. The Hall–Kier alpha value is 0.0200. The van der Waals surface area contributed by atoms with E-state index in [4.69, 9.17) is 9.26 Å². The maximum atomic E-state index is 9.93. The van der Waals surface area contributed by atoms with Gasteiger partial charge in [-0.3, -0.25) is 4.52 Å². The fourth-order valence-electron chi connectivity index (χ4n) is 0.906. The average Bonchev–Trinajstić information content (AvgIpc) is 2.18. The molecule has 0 saturated carbocycles. The number of hydrogen-bond donors (Lipinski definition) is 0. The first-order chi connectivity index (χ1) is 4.34. The summed E-state index contributed by atoms with van der Waals surface area (Å²) in [4.78, 5) is 0. The summed E-state index contributed by atoms with van der Waals surface area (Å²) in [7, 11) is -0.240. The first-order valence-corrected chi connectivity index (χ1v) is 3.67. The van der Waals surface area contributed by atoms with Crippen molar-refractivity contribution < 1.29 is 13.8 Å². The summed E-state index contributed by atoms with van der Waals surface area (Å²) >= 11 is 0. The van der Waals surface area contributed by atoms with Crippen LogP contribution in [-0.2, 0) is 13.8 Å². The van der Waals surface area contributed by atoms with E-state index >= 15 is 0 Å². The minimum Gasteiger partial charge on any atom is -0.376 e. The quantitative estimate of drug-likeness (QED) is 0.555. The van der Waals surface area contributed by atoms with Crippen molar-refractivity contribution in [1.29, 1.82) is 0 Å². The van der Waals surface area contributed by atoms with E-state index in [0.29, 0.717) is 0 Å². The van der Waals surface area contributed by atoms with Gasteiger partial charge in [-0.15, -0.1) is 0 Å². The van der Waals surface area contributed by atoms with Gasteiger partial charge in [0.15, 0.2) is 0 Å². The monoisotopic (exact) mass is 148 g/mol. The van der Waals surface area contributed by atoms with Crippen molar-refractivity contribution in [2.75, 3.05) is 6.61 Å². The zero-order valence-corrected chi connectivity index (χ0v) is 6.14. The molecule has 0 N–H and O–H groups in total. The van der Waals surface area contributed by atoms with Crippen LogP contribution in [0.15, 0.2) is 0 Å². The fraction of sp³-hybridized carbons (Fsp3) is 1.00. The van der Waals surface area contributed by atoms with Crippen LogP contribution >= 0.6 is 8.69 Å². The van der Waals surface area contributed by atoms with Crippen molar-refractivity contribution in [2.45, 2.75) is 25.6 Å². The topological polar surface area (TPSA) is 35.5 Å². The van der Waals surface area contributed by atoms with E-state index in [0.717, 1.165) is 13.0 Å². The van der Waals surface area contributed by atoms with Crippen molar-refractivity contribution in [3.63, 3.8) is 0 Å². The highest BCUT2D eigenvalue weighted by molar-refractivity contribution is 7.17. The zero-order valence-electron chi connectivity index (χ0n) is 5.24. The molecule has 4 heteroatoms. The first kappa shape index (κ1) is 7.13. The summed E-state index contributed by atoms with van der Waals surface area (Å²) in [5.74, 6) is 0. The second kappa shape index (κ2) is 3.25. The lowest BCUT2D eigenvalue weighted by atomic mass is 10.2. The Labute approximate surface area is 55.6 Å². The van der Waals surface area contributed by atoms with Crippen LogP contribution in [0.5, 0.6) is 0 Å². The Kier molecular flexibility index (Phi) is 2.58. The lowest BCUT2D eigenvalue weighted by Gasteiger charge is -2.07. The normalized spacial score (nSPS) is 35.7. The van der Waals surface area contributed by atoms with Gasteiger partial charge in [-0.25, -0.2) is 4.57 Å². The van der Waals surface area contributed by atoms with Gasteiger partial charge in [0.1, 0.15) is 0 Å². The predicted molar refractivity (Wildman–Crippen MR) is 32.5 cm³/mol. The summed E-state index contributed by atoms with van der Waals surface area (Å²) in [5, 5.41) is 0. The van der Waals surface area contributed by atoms with Gasteiger partial charge >= 0.3 is 8.69 Å². The third-order valence-corrected chi connectivity index (χ3v) is 1.84. The van der Waals surface area contributed by atoms with Gasteiger partial charge in [-0.05, 0) is 6.92 Å². The van der Waals surface area contributed by atoms with Crippen molar-refractivity contribution in [3.05, 3.63) is 0 Å². The molecule has 1 heterocycles. The van der Waals surface area contributed by atoms with Crippen LogP contribution in [0.1, 0.15) is 13.3 Å².